The lowest BCUT2D eigenvalue weighted by molar-refractivity contribution is -0.139. The van der Waals surface area contributed by atoms with Crippen molar-refractivity contribution in [1.29, 1.82) is 0 Å². The van der Waals surface area contributed by atoms with E-state index in [0.717, 1.165) is 0 Å². The average Bonchev–Trinajstić information content (AvgIpc) is 2.25. The molecule has 0 heterocycles. The summed E-state index contributed by atoms with van der Waals surface area (Å²) in [6.45, 7) is 0. The first kappa shape index (κ1) is 12.9. The van der Waals surface area contributed by atoms with E-state index < -0.39 is 0 Å². The van der Waals surface area contributed by atoms with E-state index in [1.807, 2.05) is 0 Å². The van der Waals surface area contributed by atoms with Crippen molar-refractivity contribution in [3.63, 3.8) is 0 Å². The fraction of sp³-hybridized carbons (Fsp3) is 0.182. The minimum absolute atomic E-state index is 0.189. The molecule has 0 aliphatic rings. The van der Waals surface area contributed by atoms with Crippen LogP contribution in [-0.4, -0.2) is 13.1 Å². The van der Waals surface area contributed by atoms with Gasteiger partial charge in [0, 0.05) is 5.02 Å². The van der Waals surface area contributed by atoms with Gasteiger partial charge in [0.1, 0.15) is 0 Å². The van der Waals surface area contributed by atoms with Crippen LogP contribution in [0.1, 0.15) is 12.0 Å². The molecule has 0 atom stereocenters. The van der Waals surface area contributed by atoms with Gasteiger partial charge >= 0.3 is 5.97 Å². The molecule has 0 amide bonds. The Balaban J connectivity index is 2.81. The number of hydrogen-bond acceptors (Lipinski definition) is 3. The molecular weight excluding hydrogens is 249 g/mol. The van der Waals surface area contributed by atoms with E-state index in [-0.39, 0.29) is 12.4 Å². The summed E-state index contributed by atoms with van der Waals surface area (Å²) >= 11 is 11.8. The van der Waals surface area contributed by atoms with E-state index in [2.05, 4.69) is 4.74 Å². The van der Waals surface area contributed by atoms with Crippen LogP contribution < -0.4 is 5.73 Å². The fourth-order valence-corrected chi connectivity index (χ4v) is 1.48. The third-order valence-corrected chi connectivity index (χ3v) is 2.58. The van der Waals surface area contributed by atoms with Crippen molar-refractivity contribution in [2.24, 2.45) is 0 Å². The summed E-state index contributed by atoms with van der Waals surface area (Å²) in [6.07, 6.45) is 3.54. The van der Waals surface area contributed by atoms with Crippen molar-refractivity contribution in [2.75, 3.05) is 12.8 Å². The third kappa shape index (κ3) is 3.43. The van der Waals surface area contributed by atoms with Gasteiger partial charge in [-0.1, -0.05) is 35.4 Å². The topological polar surface area (TPSA) is 52.3 Å². The maximum atomic E-state index is 10.9. The zero-order valence-electron chi connectivity index (χ0n) is 8.67. The van der Waals surface area contributed by atoms with Crippen LogP contribution in [0.5, 0.6) is 0 Å². The summed E-state index contributed by atoms with van der Waals surface area (Å²) in [4.78, 5) is 10.9. The zero-order chi connectivity index (χ0) is 12.1. The van der Waals surface area contributed by atoms with Crippen molar-refractivity contribution in [1.82, 2.24) is 0 Å². The van der Waals surface area contributed by atoms with E-state index in [9.17, 15) is 4.79 Å². The molecule has 2 N–H and O–H groups in total. The first-order chi connectivity index (χ1) is 7.54. The summed E-state index contributed by atoms with van der Waals surface area (Å²) in [5, 5.41) is 0.921. The number of halogens is 2. The monoisotopic (exact) mass is 259 g/mol. The Kier molecular flexibility index (Phi) is 4.65. The Morgan fingerprint density at radius 1 is 1.44 bits per heavy atom. The molecule has 0 aliphatic carbocycles. The molecule has 0 bridgehead atoms. The lowest BCUT2D eigenvalue weighted by Crippen LogP contribution is -1.96. The van der Waals surface area contributed by atoms with Gasteiger partial charge in [-0.2, -0.15) is 0 Å². The van der Waals surface area contributed by atoms with Gasteiger partial charge in [-0.25, -0.2) is 0 Å². The van der Waals surface area contributed by atoms with Gasteiger partial charge in [0.05, 0.1) is 24.2 Å². The van der Waals surface area contributed by atoms with E-state index in [0.29, 0.717) is 21.3 Å². The first-order valence-corrected chi connectivity index (χ1v) is 5.28. The van der Waals surface area contributed by atoms with Crippen LogP contribution in [0, 0.1) is 0 Å². The summed E-state index contributed by atoms with van der Waals surface area (Å²) < 4.78 is 4.49. The van der Waals surface area contributed by atoms with Gasteiger partial charge in [-0.15, -0.1) is 0 Å². The maximum Gasteiger partial charge on any atom is 0.309 e. The van der Waals surface area contributed by atoms with Crippen LogP contribution in [0.25, 0.3) is 6.08 Å². The van der Waals surface area contributed by atoms with Crippen LogP contribution in [0.15, 0.2) is 18.2 Å². The van der Waals surface area contributed by atoms with Gasteiger partial charge in [-0.3, -0.25) is 4.79 Å². The smallest absolute Gasteiger partial charge is 0.309 e. The molecule has 0 radical (unpaired) electrons. The molecule has 16 heavy (non-hydrogen) atoms. The van der Waals surface area contributed by atoms with E-state index in [1.165, 1.54) is 7.11 Å². The van der Waals surface area contributed by atoms with Crippen LogP contribution in [0.2, 0.25) is 10.0 Å². The molecule has 0 saturated heterocycles. The van der Waals surface area contributed by atoms with Crippen molar-refractivity contribution < 1.29 is 9.53 Å². The number of ether oxygens (including phenoxy) is 1. The Morgan fingerprint density at radius 2 is 2.12 bits per heavy atom. The van der Waals surface area contributed by atoms with E-state index >= 15 is 0 Å². The van der Waals surface area contributed by atoms with Gasteiger partial charge in [0.25, 0.3) is 0 Å². The molecule has 1 aromatic carbocycles. The number of methoxy groups -OCH3 is 1. The number of hydrogen-bond donors (Lipinski definition) is 1. The number of nitrogen functional groups attached to an aromatic ring is 1. The number of nitrogens with two attached hydrogens (primary N) is 1. The Morgan fingerprint density at radius 3 is 2.75 bits per heavy atom. The highest BCUT2D eigenvalue weighted by molar-refractivity contribution is 6.36. The number of esters is 1. The summed E-state index contributed by atoms with van der Waals surface area (Å²) in [5.41, 5.74) is 6.71. The Hall–Kier alpha value is -1.19. The normalized spacial score (nSPS) is 10.7. The van der Waals surface area contributed by atoms with Crippen molar-refractivity contribution in [3.8, 4) is 0 Å². The third-order valence-electron chi connectivity index (χ3n) is 1.93. The SMILES string of the molecule is COC(=O)CC=Cc1cc(Cl)c(N)cc1Cl. The zero-order valence-corrected chi connectivity index (χ0v) is 10.2. The number of carbonyl (C=O) groups excluding carboxylic acids is 1. The molecule has 1 aromatic rings. The first-order valence-electron chi connectivity index (χ1n) is 4.52. The highest BCUT2D eigenvalue weighted by Crippen LogP contribution is 2.27. The molecular formula is C11H11Cl2NO2. The number of benzene rings is 1. The van der Waals surface area contributed by atoms with Crippen LogP contribution in [-0.2, 0) is 9.53 Å². The van der Waals surface area contributed by atoms with Crippen LogP contribution in [0.3, 0.4) is 0 Å². The molecule has 5 heteroatoms. The van der Waals surface area contributed by atoms with E-state index in [4.69, 9.17) is 28.9 Å². The maximum absolute atomic E-state index is 10.9. The van der Waals surface area contributed by atoms with Crippen LogP contribution >= 0.6 is 23.2 Å². The molecule has 3 nitrogen and oxygen atoms in total. The highest BCUT2D eigenvalue weighted by atomic mass is 35.5. The largest absolute Gasteiger partial charge is 0.469 e. The highest BCUT2D eigenvalue weighted by Gasteiger charge is 2.02. The fourth-order valence-electron chi connectivity index (χ4n) is 1.07. The standard InChI is InChI=1S/C11H11Cl2NO2/c1-16-11(15)4-2-3-7-5-9(13)10(14)6-8(7)12/h2-3,5-6H,4,14H2,1H3. The minimum Gasteiger partial charge on any atom is -0.469 e. The average molecular weight is 260 g/mol. The molecule has 0 aromatic heterocycles. The summed E-state index contributed by atoms with van der Waals surface area (Å²) in [7, 11) is 1.34. The second kappa shape index (κ2) is 5.77. The summed E-state index contributed by atoms with van der Waals surface area (Å²) in [6, 6.07) is 3.22. The molecule has 1 rings (SSSR count). The molecule has 0 spiro atoms. The minimum atomic E-state index is -0.311. The second-order valence-electron chi connectivity index (χ2n) is 3.08. The van der Waals surface area contributed by atoms with Crippen molar-refractivity contribution >= 4 is 40.9 Å². The van der Waals surface area contributed by atoms with Gasteiger partial charge in [-0.05, 0) is 17.7 Å². The lowest BCUT2D eigenvalue weighted by Gasteiger charge is -2.02. The van der Waals surface area contributed by atoms with Crippen molar-refractivity contribution in [2.45, 2.75) is 6.42 Å². The van der Waals surface area contributed by atoms with Gasteiger partial charge in [0.2, 0.25) is 0 Å². The predicted octanol–water partition coefficient (Wildman–Crippen LogP) is 3.15. The molecule has 0 aliphatic heterocycles. The van der Waals surface area contributed by atoms with Crippen molar-refractivity contribution in [3.05, 3.63) is 33.8 Å². The lowest BCUT2D eigenvalue weighted by atomic mass is 10.2. The number of anilines is 1. The quantitative estimate of drug-likeness (QED) is 0.670. The van der Waals surface area contributed by atoms with Gasteiger partial charge in [0.15, 0.2) is 0 Å². The number of rotatable bonds is 3. The molecule has 86 valence electrons. The Labute approximate surface area is 104 Å². The van der Waals surface area contributed by atoms with Crippen LogP contribution in [0.4, 0.5) is 5.69 Å². The molecule has 0 unspecified atom stereocenters. The second-order valence-corrected chi connectivity index (χ2v) is 3.89. The Bertz CT molecular complexity index is 430. The summed E-state index contributed by atoms with van der Waals surface area (Å²) in [5.74, 6) is -0.311. The molecule has 0 saturated carbocycles. The predicted molar refractivity (Wildman–Crippen MR) is 66.5 cm³/mol. The molecule has 0 fully saturated rings. The van der Waals surface area contributed by atoms with E-state index in [1.54, 1.807) is 24.3 Å². The van der Waals surface area contributed by atoms with Gasteiger partial charge < -0.3 is 10.5 Å². The number of carbonyl (C=O) groups is 1.